The van der Waals surface area contributed by atoms with E-state index in [2.05, 4.69) is 9.55 Å². The van der Waals surface area contributed by atoms with E-state index in [0.717, 1.165) is 17.6 Å². The van der Waals surface area contributed by atoms with Crippen LogP contribution in [0.4, 0.5) is 0 Å². The smallest absolute Gasteiger partial charge is 0.0958 e. The van der Waals surface area contributed by atoms with Gasteiger partial charge in [0.05, 0.1) is 42.6 Å². The lowest BCUT2D eigenvalue weighted by Crippen LogP contribution is -2.48. The van der Waals surface area contributed by atoms with Gasteiger partial charge in [0.25, 0.3) is 0 Å². The fourth-order valence-electron chi connectivity index (χ4n) is 2.12. The van der Waals surface area contributed by atoms with Crippen LogP contribution in [0.3, 0.4) is 0 Å². The number of hydrogen-bond donors (Lipinski definition) is 1. The molecule has 3 rings (SSSR count). The SMILES string of the molecule is OCC1(Cn2cnc3ccccc32)COC1. The van der Waals surface area contributed by atoms with E-state index in [1.807, 2.05) is 30.6 Å². The van der Waals surface area contributed by atoms with Crippen molar-refractivity contribution in [2.75, 3.05) is 19.8 Å². The molecule has 0 radical (unpaired) electrons. The molecule has 1 fully saturated rings. The molecule has 16 heavy (non-hydrogen) atoms. The van der Waals surface area contributed by atoms with Gasteiger partial charge in [0.15, 0.2) is 0 Å². The van der Waals surface area contributed by atoms with Crippen molar-refractivity contribution in [3.63, 3.8) is 0 Å². The summed E-state index contributed by atoms with van der Waals surface area (Å²) in [5.41, 5.74) is 2.00. The van der Waals surface area contributed by atoms with Crippen molar-refractivity contribution in [3.8, 4) is 0 Å². The first-order valence-electron chi connectivity index (χ1n) is 5.41. The Kier molecular flexibility index (Phi) is 2.19. The van der Waals surface area contributed by atoms with E-state index in [1.165, 1.54) is 0 Å². The van der Waals surface area contributed by atoms with Crippen molar-refractivity contribution in [1.82, 2.24) is 9.55 Å². The third kappa shape index (κ3) is 1.42. The van der Waals surface area contributed by atoms with Crippen LogP contribution in [0.5, 0.6) is 0 Å². The molecule has 0 unspecified atom stereocenters. The van der Waals surface area contributed by atoms with Crippen molar-refractivity contribution >= 4 is 11.0 Å². The summed E-state index contributed by atoms with van der Waals surface area (Å²) < 4.78 is 7.29. The molecule has 2 heterocycles. The number of imidazole rings is 1. The summed E-state index contributed by atoms with van der Waals surface area (Å²) in [7, 11) is 0. The van der Waals surface area contributed by atoms with Gasteiger partial charge in [0.1, 0.15) is 0 Å². The normalized spacial score (nSPS) is 18.6. The predicted molar refractivity (Wildman–Crippen MR) is 60.1 cm³/mol. The highest BCUT2D eigenvalue weighted by molar-refractivity contribution is 5.74. The Hall–Kier alpha value is -1.39. The van der Waals surface area contributed by atoms with E-state index < -0.39 is 0 Å². The van der Waals surface area contributed by atoms with Gasteiger partial charge in [-0.2, -0.15) is 0 Å². The minimum absolute atomic E-state index is 0.108. The lowest BCUT2D eigenvalue weighted by Gasteiger charge is -2.40. The maximum Gasteiger partial charge on any atom is 0.0958 e. The molecule has 2 aromatic rings. The van der Waals surface area contributed by atoms with Crippen LogP contribution in [-0.4, -0.2) is 34.5 Å². The molecule has 84 valence electrons. The second-order valence-electron chi connectivity index (χ2n) is 4.51. The van der Waals surface area contributed by atoms with Gasteiger partial charge in [0.2, 0.25) is 0 Å². The highest BCUT2D eigenvalue weighted by atomic mass is 16.5. The third-order valence-electron chi connectivity index (χ3n) is 3.19. The average Bonchev–Trinajstić information content (AvgIpc) is 2.67. The first kappa shape index (κ1) is 9.81. The highest BCUT2D eigenvalue weighted by Gasteiger charge is 2.38. The van der Waals surface area contributed by atoms with E-state index in [1.54, 1.807) is 0 Å². The molecule has 0 spiro atoms. The molecule has 0 aliphatic carbocycles. The van der Waals surface area contributed by atoms with Crippen molar-refractivity contribution in [3.05, 3.63) is 30.6 Å². The van der Waals surface area contributed by atoms with Crippen LogP contribution < -0.4 is 0 Å². The minimum atomic E-state index is -0.108. The Balaban J connectivity index is 1.94. The molecule has 1 aromatic carbocycles. The van der Waals surface area contributed by atoms with Gasteiger partial charge >= 0.3 is 0 Å². The Morgan fingerprint density at radius 2 is 2.19 bits per heavy atom. The van der Waals surface area contributed by atoms with Crippen molar-refractivity contribution in [2.24, 2.45) is 5.41 Å². The van der Waals surface area contributed by atoms with Gasteiger partial charge in [-0.15, -0.1) is 0 Å². The van der Waals surface area contributed by atoms with E-state index in [0.29, 0.717) is 13.2 Å². The van der Waals surface area contributed by atoms with Crippen molar-refractivity contribution in [1.29, 1.82) is 0 Å². The maximum atomic E-state index is 9.39. The molecular weight excluding hydrogens is 204 g/mol. The zero-order chi connectivity index (χ0) is 11.0. The maximum absolute atomic E-state index is 9.39. The number of rotatable bonds is 3. The second kappa shape index (κ2) is 3.57. The Morgan fingerprint density at radius 1 is 1.38 bits per heavy atom. The van der Waals surface area contributed by atoms with E-state index >= 15 is 0 Å². The molecule has 0 saturated carbocycles. The summed E-state index contributed by atoms with van der Waals surface area (Å²) >= 11 is 0. The number of aromatic nitrogens is 2. The van der Waals surface area contributed by atoms with Gasteiger partial charge in [-0.3, -0.25) is 0 Å². The fraction of sp³-hybridized carbons (Fsp3) is 0.417. The zero-order valence-electron chi connectivity index (χ0n) is 8.97. The quantitative estimate of drug-likeness (QED) is 0.837. The molecule has 0 atom stereocenters. The summed E-state index contributed by atoms with van der Waals surface area (Å²) in [6, 6.07) is 8.03. The van der Waals surface area contributed by atoms with Crippen LogP contribution in [-0.2, 0) is 11.3 Å². The number of fused-ring (bicyclic) bond motifs is 1. The standard InChI is InChI=1S/C12H14N2O2/c15-6-12(7-16-8-12)5-14-9-13-10-3-1-2-4-11(10)14/h1-4,9,15H,5-8H2. The summed E-state index contributed by atoms with van der Waals surface area (Å²) in [6.07, 6.45) is 1.83. The molecule has 0 bridgehead atoms. The lowest BCUT2D eigenvalue weighted by molar-refractivity contribution is -0.144. The number of aliphatic hydroxyl groups excluding tert-OH is 1. The van der Waals surface area contributed by atoms with Crippen LogP contribution in [0.25, 0.3) is 11.0 Å². The monoisotopic (exact) mass is 218 g/mol. The number of benzene rings is 1. The Morgan fingerprint density at radius 3 is 2.88 bits per heavy atom. The molecule has 4 nitrogen and oxygen atoms in total. The van der Waals surface area contributed by atoms with Gasteiger partial charge in [-0.25, -0.2) is 4.98 Å². The largest absolute Gasteiger partial charge is 0.396 e. The van der Waals surface area contributed by atoms with Crippen molar-refractivity contribution in [2.45, 2.75) is 6.54 Å². The fourth-order valence-corrected chi connectivity index (χ4v) is 2.12. The van der Waals surface area contributed by atoms with E-state index in [4.69, 9.17) is 4.74 Å². The van der Waals surface area contributed by atoms with E-state index in [-0.39, 0.29) is 12.0 Å². The Labute approximate surface area is 93.5 Å². The number of aliphatic hydroxyl groups is 1. The number of ether oxygens (including phenoxy) is 1. The third-order valence-corrected chi connectivity index (χ3v) is 3.19. The summed E-state index contributed by atoms with van der Waals surface area (Å²) in [4.78, 5) is 4.34. The summed E-state index contributed by atoms with van der Waals surface area (Å²) in [6.45, 7) is 2.20. The topological polar surface area (TPSA) is 47.3 Å². The van der Waals surface area contributed by atoms with Crippen LogP contribution >= 0.6 is 0 Å². The molecule has 0 amide bonds. The zero-order valence-corrected chi connectivity index (χ0v) is 8.97. The van der Waals surface area contributed by atoms with Crippen LogP contribution in [0.15, 0.2) is 30.6 Å². The van der Waals surface area contributed by atoms with E-state index in [9.17, 15) is 5.11 Å². The van der Waals surface area contributed by atoms with Gasteiger partial charge < -0.3 is 14.4 Å². The van der Waals surface area contributed by atoms with Crippen LogP contribution in [0.1, 0.15) is 0 Å². The molecule has 1 aliphatic heterocycles. The first-order chi connectivity index (χ1) is 7.83. The number of hydrogen-bond acceptors (Lipinski definition) is 3. The number of nitrogens with zero attached hydrogens (tertiary/aromatic N) is 2. The van der Waals surface area contributed by atoms with Crippen molar-refractivity contribution < 1.29 is 9.84 Å². The minimum Gasteiger partial charge on any atom is -0.396 e. The average molecular weight is 218 g/mol. The van der Waals surface area contributed by atoms with Crippen LogP contribution in [0.2, 0.25) is 0 Å². The molecule has 1 saturated heterocycles. The van der Waals surface area contributed by atoms with Gasteiger partial charge in [0, 0.05) is 6.54 Å². The molecule has 1 N–H and O–H groups in total. The lowest BCUT2D eigenvalue weighted by atomic mass is 9.87. The second-order valence-corrected chi connectivity index (χ2v) is 4.51. The molecule has 1 aliphatic rings. The summed E-state index contributed by atoms with van der Waals surface area (Å²) in [5.74, 6) is 0. The number of para-hydroxylation sites is 2. The molecule has 4 heteroatoms. The first-order valence-corrected chi connectivity index (χ1v) is 5.41. The highest BCUT2D eigenvalue weighted by Crippen LogP contribution is 2.30. The Bertz CT molecular complexity index is 497. The summed E-state index contributed by atoms with van der Waals surface area (Å²) in [5, 5.41) is 9.39. The molecular formula is C12H14N2O2. The van der Waals surface area contributed by atoms with Crippen LogP contribution in [0, 0.1) is 5.41 Å². The predicted octanol–water partition coefficient (Wildman–Crippen LogP) is 1.05. The molecule has 1 aromatic heterocycles. The van der Waals surface area contributed by atoms with Gasteiger partial charge in [-0.05, 0) is 12.1 Å². The van der Waals surface area contributed by atoms with Gasteiger partial charge in [-0.1, -0.05) is 12.1 Å².